The van der Waals surface area contributed by atoms with Crippen LogP contribution in [-0.2, 0) is 57.2 Å². The van der Waals surface area contributed by atoms with Crippen molar-refractivity contribution in [2.75, 3.05) is 0 Å². The maximum Gasteiger partial charge on any atom is 0.313 e. The number of ketones is 2. The van der Waals surface area contributed by atoms with E-state index in [0.717, 1.165) is 0 Å². The maximum atomic E-state index is 16.1. The molecule has 8 fully saturated rings. The fourth-order valence-corrected chi connectivity index (χ4v) is 17.4. The zero-order valence-electron chi connectivity index (χ0n) is 38.8. The molecule has 0 unspecified atom stereocenters. The molecule has 16 heteroatoms. The third-order valence-corrected chi connectivity index (χ3v) is 19.0. The quantitative estimate of drug-likeness (QED) is 0.234. The summed E-state index contributed by atoms with van der Waals surface area (Å²) in [4.78, 5) is 97.3. The number of fused-ring (bicyclic) bond motifs is 7. The summed E-state index contributed by atoms with van der Waals surface area (Å²) in [5, 5.41) is 49.5. The van der Waals surface area contributed by atoms with Gasteiger partial charge >= 0.3 is 29.8 Å². The van der Waals surface area contributed by atoms with Crippen LogP contribution in [-0.4, -0.2) is 116 Å². The Morgan fingerprint density at radius 1 is 0.562 bits per heavy atom. The Balaban J connectivity index is 1.27. The van der Waals surface area contributed by atoms with E-state index >= 15 is 9.59 Å². The van der Waals surface area contributed by atoms with E-state index in [4.69, 9.17) is 23.7 Å². The van der Waals surface area contributed by atoms with E-state index in [0.29, 0.717) is 0 Å². The fourth-order valence-electron chi connectivity index (χ4n) is 17.4. The molecule has 1 heterocycles. The minimum Gasteiger partial charge on any atom is -0.462 e. The van der Waals surface area contributed by atoms with Crippen molar-refractivity contribution in [3.05, 3.63) is 0 Å². The van der Waals surface area contributed by atoms with Gasteiger partial charge in [0.25, 0.3) is 0 Å². The van der Waals surface area contributed by atoms with Gasteiger partial charge in [0.15, 0.2) is 11.4 Å². The van der Waals surface area contributed by atoms with Crippen LogP contribution >= 0.6 is 0 Å². The van der Waals surface area contributed by atoms with Gasteiger partial charge in [-0.2, -0.15) is 0 Å². The summed E-state index contributed by atoms with van der Waals surface area (Å²) >= 11 is 0. The minimum atomic E-state index is -1.97. The van der Waals surface area contributed by atoms with E-state index in [2.05, 4.69) is 0 Å². The maximum absolute atomic E-state index is 16.1. The topological polar surface area (TPSA) is 247 Å². The number of carbonyl (C=O) groups is 7. The third-order valence-electron chi connectivity index (χ3n) is 19.0. The minimum absolute atomic E-state index is 0.0148. The van der Waals surface area contributed by atoms with Crippen molar-refractivity contribution in [2.24, 2.45) is 68.0 Å². The van der Waals surface area contributed by atoms with Crippen molar-refractivity contribution >= 4 is 41.4 Å². The van der Waals surface area contributed by atoms with E-state index in [1.165, 1.54) is 27.7 Å². The van der Waals surface area contributed by atoms with Crippen LogP contribution in [0.2, 0.25) is 0 Å². The molecule has 0 aromatic carbocycles. The highest BCUT2D eigenvalue weighted by Crippen LogP contribution is 2.75. The van der Waals surface area contributed by atoms with Crippen molar-refractivity contribution in [1.82, 2.24) is 0 Å². The summed E-state index contributed by atoms with van der Waals surface area (Å²) in [5.74, 6) is -9.26. The van der Waals surface area contributed by atoms with Gasteiger partial charge in [-0.1, -0.05) is 41.5 Å². The lowest BCUT2D eigenvalue weighted by Gasteiger charge is -2.68. The first-order valence-electron chi connectivity index (χ1n) is 23.3. The van der Waals surface area contributed by atoms with E-state index in [-0.39, 0.29) is 70.0 Å². The average molecular weight is 901 g/mol. The number of esters is 5. The van der Waals surface area contributed by atoms with Gasteiger partial charge in [0.05, 0.1) is 29.8 Å². The summed E-state index contributed by atoms with van der Waals surface area (Å²) in [6, 6.07) is 0. The Kier molecular flexibility index (Phi) is 11.0. The second kappa shape index (κ2) is 15.0. The number of aliphatic hydroxyl groups excluding tert-OH is 4. The fraction of sp³-hybridized carbons (Fsp3) is 0.854. The van der Waals surface area contributed by atoms with Crippen LogP contribution in [0.1, 0.15) is 133 Å². The second-order valence-corrected chi connectivity index (χ2v) is 23.0. The molecule has 1 saturated heterocycles. The van der Waals surface area contributed by atoms with Crippen molar-refractivity contribution in [3.63, 3.8) is 0 Å². The van der Waals surface area contributed by atoms with E-state index < -0.39 is 158 Å². The van der Waals surface area contributed by atoms with E-state index in [9.17, 15) is 44.4 Å². The summed E-state index contributed by atoms with van der Waals surface area (Å²) < 4.78 is 30.6. The number of Topliss-reactive ketones (excluding diaryl/α,β-unsaturated/α-hetero) is 2. The monoisotopic (exact) mass is 900 g/mol. The van der Waals surface area contributed by atoms with Crippen LogP contribution in [0, 0.1) is 68.0 Å². The van der Waals surface area contributed by atoms with Gasteiger partial charge in [-0.3, -0.25) is 33.6 Å². The average Bonchev–Trinajstić information content (AvgIpc) is 3.32. The molecule has 7 aliphatic carbocycles. The van der Waals surface area contributed by atoms with Crippen LogP contribution in [0.25, 0.3) is 0 Å². The van der Waals surface area contributed by atoms with Crippen LogP contribution in [0.15, 0.2) is 0 Å². The van der Waals surface area contributed by atoms with Gasteiger partial charge in [0.2, 0.25) is 0 Å². The smallest absolute Gasteiger partial charge is 0.313 e. The number of hydrogen-bond acceptors (Lipinski definition) is 16. The van der Waals surface area contributed by atoms with Crippen molar-refractivity contribution in [1.29, 1.82) is 0 Å². The molecule has 0 amide bonds. The molecule has 356 valence electrons. The molecule has 8 rings (SSSR count). The Morgan fingerprint density at radius 2 is 1.00 bits per heavy atom. The first kappa shape index (κ1) is 47.0. The highest BCUT2D eigenvalue weighted by atomic mass is 16.6. The highest BCUT2D eigenvalue weighted by Gasteiger charge is 2.81. The van der Waals surface area contributed by atoms with Crippen molar-refractivity contribution in [3.8, 4) is 0 Å². The van der Waals surface area contributed by atoms with Gasteiger partial charge in [-0.05, 0) is 38.5 Å². The lowest BCUT2D eigenvalue weighted by atomic mass is 9.37. The molecule has 8 aliphatic rings. The summed E-state index contributed by atoms with van der Waals surface area (Å²) in [5.41, 5.74) is -9.84. The van der Waals surface area contributed by atoms with Gasteiger partial charge in [0.1, 0.15) is 30.2 Å². The first-order chi connectivity index (χ1) is 29.5. The summed E-state index contributed by atoms with van der Waals surface area (Å²) in [7, 11) is 0. The molecular weight excluding hydrogens is 833 g/mol. The number of rotatable bonds is 4. The number of carbonyl (C=O) groups excluding carboxylic acids is 7. The molecule has 19 atom stereocenters. The normalized spacial score (nSPS) is 49.8. The molecule has 0 aromatic heterocycles. The van der Waals surface area contributed by atoms with Crippen molar-refractivity contribution < 1.29 is 77.7 Å². The predicted octanol–water partition coefficient (Wildman–Crippen LogP) is 3.32. The molecule has 16 nitrogen and oxygen atoms in total. The largest absolute Gasteiger partial charge is 0.462 e. The van der Waals surface area contributed by atoms with Crippen LogP contribution in [0.4, 0.5) is 0 Å². The highest BCUT2D eigenvalue weighted by molar-refractivity contribution is 6.00. The van der Waals surface area contributed by atoms with Crippen LogP contribution < -0.4 is 0 Å². The van der Waals surface area contributed by atoms with E-state index in [1.807, 2.05) is 27.7 Å². The molecule has 1 aliphatic heterocycles. The first-order valence-corrected chi connectivity index (χ1v) is 23.3. The van der Waals surface area contributed by atoms with Crippen LogP contribution in [0.3, 0.4) is 0 Å². The number of hydrogen-bond donors (Lipinski definition) is 4. The molecular formula is C48H68O16. The molecule has 7 saturated carbocycles. The number of ether oxygens (including phenoxy) is 5. The zero-order chi connectivity index (χ0) is 47.2. The van der Waals surface area contributed by atoms with Gasteiger partial charge in [-0.15, -0.1) is 0 Å². The second-order valence-electron chi connectivity index (χ2n) is 23.0. The van der Waals surface area contributed by atoms with Gasteiger partial charge in [0, 0.05) is 116 Å². The Bertz CT molecular complexity index is 2030. The van der Waals surface area contributed by atoms with Crippen LogP contribution in [0.5, 0.6) is 0 Å². The third kappa shape index (κ3) is 6.29. The Morgan fingerprint density at radius 3 is 1.47 bits per heavy atom. The molecule has 0 aromatic rings. The predicted molar refractivity (Wildman–Crippen MR) is 221 cm³/mol. The van der Waals surface area contributed by atoms with Gasteiger partial charge < -0.3 is 44.1 Å². The standard InChI is InChI=1S/C48H68O16/c1-21(49)60-30-13-25-17-47(20-29(55)37-43(7,8)35(63-24(4)52)16-33(57)45(37,10)39(30)47)41(59)64-48(12-11-27(25)53)26-14-31(61-22(2)50)38-44(9)32(56)15-34(62-23(3)51)42(5,6)36(44)28(54)19-46(38,18-26)40(48)58/h25-26,28-39,54-57H,11-20H2,1-10H3/t25-,26+,28-,29-,30-,31-,32-,33-,34-,35-,36+,37+,38-,39-,44+,45+,46-,47+,48-/m0/s1. The van der Waals surface area contributed by atoms with Gasteiger partial charge in [-0.25, -0.2) is 0 Å². The van der Waals surface area contributed by atoms with Crippen molar-refractivity contribution in [2.45, 2.75) is 188 Å². The molecule has 4 bridgehead atoms. The lowest BCUT2D eigenvalue weighted by molar-refractivity contribution is -0.289. The zero-order valence-corrected chi connectivity index (χ0v) is 38.8. The molecule has 3 spiro atoms. The molecule has 4 N–H and O–H groups in total. The Labute approximate surface area is 374 Å². The Hall–Kier alpha value is -3.47. The van der Waals surface area contributed by atoms with E-state index in [1.54, 1.807) is 13.8 Å². The summed E-state index contributed by atoms with van der Waals surface area (Å²) in [6.07, 6.45) is -9.63. The SMILES string of the molecule is CC(=O)O[C@H]1C[C@H]2C[C@]3(C[C@H](O)[C@@H]4C(C)(C)[C@@H](OC(C)=O)C[C@H](O)[C@@]4(C)[C@H]13)C(=O)O[C@]1(CCC2=O)C(=O)[C@]23C[C@H]1C[C@H](OC(C)=O)[C@H]2[C@@]1(C)[C@H]([C@@H](O)C3)C(C)(C)[C@@H](OC(C)=O)C[C@@H]1O. The lowest BCUT2D eigenvalue weighted by Crippen LogP contribution is -2.73. The summed E-state index contributed by atoms with van der Waals surface area (Å²) in [6.45, 7) is 15.9. The molecule has 64 heavy (non-hydrogen) atoms. The molecule has 0 radical (unpaired) electrons. The number of aliphatic hydroxyl groups is 4.